The van der Waals surface area contributed by atoms with Crippen molar-refractivity contribution in [2.75, 3.05) is 31.1 Å². The van der Waals surface area contributed by atoms with Crippen molar-refractivity contribution in [2.45, 2.75) is 0 Å². The van der Waals surface area contributed by atoms with Crippen LogP contribution in [0.25, 0.3) is 10.9 Å². The second kappa shape index (κ2) is 6.84. The molecule has 0 saturated carbocycles. The van der Waals surface area contributed by atoms with E-state index in [4.69, 9.17) is 4.98 Å². The minimum Gasteiger partial charge on any atom is -0.353 e. The molecule has 2 aromatic carbocycles. The average Bonchev–Trinajstić information content (AvgIpc) is 2.67. The molecule has 0 aliphatic carbocycles. The first-order valence-electron chi connectivity index (χ1n) is 8.36. The Labute approximate surface area is 155 Å². The van der Waals surface area contributed by atoms with E-state index < -0.39 is 0 Å². The fourth-order valence-electron chi connectivity index (χ4n) is 3.17. The van der Waals surface area contributed by atoms with Crippen molar-refractivity contribution in [1.29, 1.82) is 0 Å². The molecule has 0 N–H and O–H groups in total. The molecule has 25 heavy (non-hydrogen) atoms. The van der Waals surface area contributed by atoms with E-state index in [0.29, 0.717) is 13.1 Å². The van der Waals surface area contributed by atoms with Gasteiger partial charge < -0.3 is 9.80 Å². The first-order chi connectivity index (χ1) is 12.2. The SMILES string of the molecule is O=C(c1cccc(Br)c1)N1CCN(c2ccc3ccccc3n2)CC1. The highest BCUT2D eigenvalue weighted by Gasteiger charge is 2.23. The summed E-state index contributed by atoms with van der Waals surface area (Å²) in [6, 6.07) is 19.9. The van der Waals surface area contributed by atoms with E-state index in [-0.39, 0.29) is 5.91 Å². The Morgan fingerprint density at radius 1 is 0.920 bits per heavy atom. The first-order valence-corrected chi connectivity index (χ1v) is 9.15. The molecule has 2 heterocycles. The van der Waals surface area contributed by atoms with Crippen LogP contribution in [0.1, 0.15) is 10.4 Å². The predicted octanol–water partition coefficient (Wildman–Crippen LogP) is 3.96. The fourth-order valence-corrected chi connectivity index (χ4v) is 3.57. The topological polar surface area (TPSA) is 36.4 Å². The molecule has 4 nitrogen and oxygen atoms in total. The maximum absolute atomic E-state index is 12.6. The van der Waals surface area contributed by atoms with Crippen LogP contribution in [0.3, 0.4) is 0 Å². The van der Waals surface area contributed by atoms with E-state index in [1.165, 1.54) is 0 Å². The summed E-state index contributed by atoms with van der Waals surface area (Å²) in [5.41, 5.74) is 1.74. The largest absolute Gasteiger partial charge is 0.353 e. The number of carbonyl (C=O) groups excluding carboxylic acids is 1. The van der Waals surface area contributed by atoms with Gasteiger partial charge in [0.25, 0.3) is 5.91 Å². The molecule has 0 radical (unpaired) electrons. The Hall–Kier alpha value is -2.40. The minimum atomic E-state index is 0.0902. The van der Waals surface area contributed by atoms with Crippen molar-refractivity contribution >= 4 is 38.6 Å². The van der Waals surface area contributed by atoms with Gasteiger partial charge in [0.05, 0.1) is 5.52 Å². The van der Waals surface area contributed by atoms with E-state index in [0.717, 1.165) is 39.8 Å². The monoisotopic (exact) mass is 395 g/mol. The highest BCUT2D eigenvalue weighted by atomic mass is 79.9. The molecule has 1 saturated heterocycles. The summed E-state index contributed by atoms with van der Waals surface area (Å²) in [6.45, 7) is 3.01. The zero-order valence-corrected chi connectivity index (χ0v) is 15.3. The molecule has 1 aromatic heterocycles. The lowest BCUT2D eigenvalue weighted by Gasteiger charge is -2.35. The number of fused-ring (bicyclic) bond motifs is 1. The van der Waals surface area contributed by atoms with Gasteiger partial charge in [-0.15, -0.1) is 0 Å². The van der Waals surface area contributed by atoms with Crippen LogP contribution in [-0.4, -0.2) is 42.0 Å². The second-order valence-electron chi connectivity index (χ2n) is 6.15. The van der Waals surface area contributed by atoms with Crippen LogP contribution in [0, 0.1) is 0 Å². The van der Waals surface area contributed by atoms with E-state index in [1.807, 2.05) is 47.4 Å². The molecule has 1 fully saturated rings. The molecule has 0 spiro atoms. The molecular weight excluding hydrogens is 378 g/mol. The normalized spacial score (nSPS) is 14.8. The molecule has 5 heteroatoms. The number of carbonyl (C=O) groups is 1. The summed E-state index contributed by atoms with van der Waals surface area (Å²) in [4.78, 5) is 21.6. The number of benzene rings is 2. The van der Waals surface area contributed by atoms with Gasteiger partial charge in [-0.05, 0) is 36.4 Å². The summed E-state index contributed by atoms with van der Waals surface area (Å²) in [5.74, 6) is 1.07. The van der Waals surface area contributed by atoms with Crippen LogP contribution in [0.5, 0.6) is 0 Å². The maximum Gasteiger partial charge on any atom is 0.254 e. The molecule has 1 aliphatic heterocycles. The molecule has 4 rings (SSSR count). The highest BCUT2D eigenvalue weighted by molar-refractivity contribution is 9.10. The summed E-state index contributed by atoms with van der Waals surface area (Å²) < 4.78 is 0.928. The number of halogens is 1. The quantitative estimate of drug-likeness (QED) is 0.658. The Morgan fingerprint density at radius 2 is 1.72 bits per heavy atom. The summed E-state index contributed by atoms with van der Waals surface area (Å²) in [7, 11) is 0. The molecule has 126 valence electrons. The number of piperazine rings is 1. The number of anilines is 1. The van der Waals surface area contributed by atoms with Gasteiger partial charge in [0.1, 0.15) is 5.82 Å². The average molecular weight is 396 g/mol. The molecule has 0 atom stereocenters. The molecule has 1 amide bonds. The minimum absolute atomic E-state index is 0.0902. The van der Waals surface area contributed by atoms with Gasteiger partial charge in [-0.3, -0.25) is 4.79 Å². The lowest BCUT2D eigenvalue weighted by atomic mass is 10.2. The van der Waals surface area contributed by atoms with Crippen LogP contribution in [0.2, 0.25) is 0 Å². The van der Waals surface area contributed by atoms with Gasteiger partial charge in [0.2, 0.25) is 0 Å². The second-order valence-corrected chi connectivity index (χ2v) is 7.07. The van der Waals surface area contributed by atoms with Crippen molar-refractivity contribution < 1.29 is 4.79 Å². The van der Waals surface area contributed by atoms with Gasteiger partial charge >= 0.3 is 0 Å². The van der Waals surface area contributed by atoms with Crippen LogP contribution in [0.4, 0.5) is 5.82 Å². The van der Waals surface area contributed by atoms with Crippen molar-refractivity contribution in [1.82, 2.24) is 9.88 Å². The number of pyridine rings is 1. The smallest absolute Gasteiger partial charge is 0.254 e. The van der Waals surface area contributed by atoms with Gasteiger partial charge in [-0.2, -0.15) is 0 Å². The van der Waals surface area contributed by atoms with Crippen LogP contribution in [-0.2, 0) is 0 Å². The Balaban J connectivity index is 1.46. The van der Waals surface area contributed by atoms with E-state index >= 15 is 0 Å². The van der Waals surface area contributed by atoms with Gasteiger partial charge in [-0.1, -0.05) is 40.2 Å². The van der Waals surface area contributed by atoms with Crippen LogP contribution in [0.15, 0.2) is 65.1 Å². The molecular formula is C20H18BrN3O. The van der Waals surface area contributed by atoms with Crippen LogP contribution < -0.4 is 4.90 Å². The predicted molar refractivity (Wildman–Crippen MR) is 104 cm³/mol. The number of nitrogens with zero attached hydrogens (tertiary/aromatic N) is 3. The first kappa shape index (κ1) is 16.1. The standard InChI is InChI=1S/C20H18BrN3O/c21-17-6-3-5-16(14-17)20(25)24-12-10-23(11-13-24)19-9-8-15-4-1-2-7-18(15)22-19/h1-9,14H,10-13H2. The number of amides is 1. The number of hydrogen-bond donors (Lipinski definition) is 0. The third-order valence-corrected chi connectivity index (χ3v) is 5.04. The van der Waals surface area contributed by atoms with Crippen molar-refractivity contribution in [2.24, 2.45) is 0 Å². The Morgan fingerprint density at radius 3 is 2.52 bits per heavy atom. The molecule has 0 bridgehead atoms. The van der Waals surface area contributed by atoms with E-state index in [1.54, 1.807) is 0 Å². The van der Waals surface area contributed by atoms with E-state index in [9.17, 15) is 4.79 Å². The van der Waals surface area contributed by atoms with Crippen molar-refractivity contribution in [3.63, 3.8) is 0 Å². The fraction of sp³-hybridized carbons (Fsp3) is 0.200. The third kappa shape index (κ3) is 3.37. The number of hydrogen-bond acceptors (Lipinski definition) is 3. The van der Waals surface area contributed by atoms with Gasteiger partial charge in [0, 0.05) is 41.6 Å². The summed E-state index contributed by atoms with van der Waals surface area (Å²) in [5, 5.41) is 1.15. The van der Waals surface area contributed by atoms with E-state index in [2.05, 4.69) is 39.0 Å². The zero-order chi connectivity index (χ0) is 17.2. The Kier molecular flexibility index (Phi) is 4.40. The third-order valence-electron chi connectivity index (χ3n) is 4.55. The number of aromatic nitrogens is 1. The van der Waals surface area contributed by atoms with Crippen molar-refractivity contribution in [3.05, 3.63) is 70.7 Å². The lowest BCUT2D eigenvalue weighted by Crippen LogP contribution is -2.49. The van der Waals surface area contributed by atoms with Crippen LogP contribution >= 0.6 is 15.9 Å². The molecule has 3 aromatic rings. The molecule has 0 unspecified atom stereocenters. The number of para-hydroxylation sites is 1. The van der Waals surface area contributed by atoms with Crippen molar-refractivity contribution in [3.8, 4) is 0 Å². The highest BCUT2D eigenvalue weighted by Crippen LogP contribution is 2.20. The number of rotatable bonds is 2. The Bertz CT molecular complexity index is 919. The molecule has 1 aliphatic rings. The van der Waals surface area contributed by atoms with Gasteiger partial charge in [0.15, 0.2) is 0 Å². The summed E-state index contributed by atoms with van der Waals surface area (Å²) in [6.07, 6.45) is 0. The summed E-state index contributed by atoms with van der Waals surface area (Å²) >= 11 is 3.43. The lowest BCUT2D eigenvalue weighted by molar-refractivity contribution is 0.0746. The van der Waals surface area contributed by atoms with Gasteiger partial charge in [-0.25, -0.2) is 4.98 Å². The zero-order valence-electron chi connectivity index (χ0n) is 13.7. The maximum atomic E-state index is 12.6.